The second-order valence-corrected chi connectivity index (χ2v) is 5.14. The maximum Gasteiger partial charge on any atom is 0.139 e. The van der Waals surface area contributed by atoms with Crippen molar-refractivity contribution >= 4 is 40.5 Å². The first-order valence-electron chi connectivity index (χ1n) is 5.72. The van der Waals surface area contributed by atoms with Crippen LogP contribution in [0.2, 0.25) is 15.1 Å². The number of anilines is 1. The zero-order chi connectivity index (χ0) is 13.7. The molecular weight excluding hydrogens is 305 g/mol. The number of nitrogens with one attached hydrogen (secondary N) is 1. The van der Waals surface area contributed by atoms with Crippen molar-refractivity contribution in [2.75, 3.05) is 18.5 Å². The molecule has 0 bridgehead atoms. The fraction of sp³-hybridized carbons (Fsp3) is 0.143. The number of halogens is 3. The summed E-state index contributed by atoms with van der Waals surface area (Å²) in [5.74, 6) is 0.590. The zero-order valence-electron chi connectivity index (χ0n) is 10.00. The monoisotopic (exact) mass is 315 g/mol. The van der Waals surface area contributed by atoms with Crippen molar-refractivity contribution in [2.45, 2.75) is 0 Å². The molecule has 5 heteroatoms. The van der Waals surface area contributed by atoms with E-state index in [1.54, 1.807) is 18.2 Å². The molecule has 0 amide bonds. The molecule has 2 aromatic rings. The molecule has 0 unspecified atom stereocenters. The first-order chi connectivity index (χ1) is 9.15. The van der Waals surface area contributed by atoms with Gasteiger partial charge in [-0.1, -0.05) is 34.8 Å². The molecule has 0 aliphatic rings. The Morgan fingerprint density at radius 3 is 2.32 bits per heavy atom. The summed E-state index contributed by atoms with van der Waals surface area (Å²) in [5.41, 5.74) is 0.991. The second-order valence-electron chi connectivity index (χ2n) is 3.86. The molecule has 0 saturated heterocycles. The van der Waals surface area contributed by atoms with Gasteiger partial charge in [0.25, 0.3) is 0 Å². The molecule has 0 aliphatic carbocycles. The van der Waals surface area contributed by atoms with Gasteiger partial charge < -0.3 is 10.1 Å². The van der Waals surface area contributed by atoms with Crippen LogP contribution in [0.1, 0.15) is 0 Å². The van der Waals surface area contributed by atoms with E-state index in [9.17, 15) is 0 Å². The minimum Gasteiger partial charge on any atom is -0.490 e. The highest BCUT2D eigenvalue weighted by atomic mass is 35.5. The van der Waals surface area contributed by atoms with Crippen LogP contribution in [0.5, 0.6) is 5.75 Å². The van der Waals surface area contributed by atoms with E-state index in [4.69, 9.17) is 39.5 Å². The van der Waals surface area contributed by atoms with Crippen molar-refractivity contribution in [3.8, 4) is 5.75 Å². The number of rotatable bonds is 5. The van der Waals surface area contributed by atoms with Crippen molar-refractivity contribution in [3.05, 3.63) is 57.5 Å². The van der Waals surface area contributed by atoms with E-state index in [0.29, 0.717) is 34.0 Å². The van der Waals surface area contributed by atoms with Gasteiger partial charge in [-0.05, 0) is 36.4 Å². The van der Waals surface area contributed by atoms with Crippen LogP contribution in [0, 0.1) is 0 Å². The lowest BCUT2D eigenvalue weighted by atomic mass is 10.3. The van der Waals surface area contributed by atoms with Gasteiger partial charge in [0.1, 0.15) is 12.4 Å². The van der Waals surface area contributed by atoms with Crippen LogP contribution in [0.15, 0.2) is 42.5 Å². The molecule has 0 saturated carbocycles. The summed E-state index contributed by atoms with van der Waals surface area (Å²) in [6.45, 7) is 1.15. The van der Waals surface area contributed by atoms with E-state index in [1.807, 2.05) is 24.3 Å². The van der Waals surface area contributed by atoms with Crippen LogP contribution >= 0.6 is 34.8 Å². The molecule has 2 nitrogen and oxygen atoms in total. The van der Waals surface area contributed by atoms with Gasteiger partial charge >= 0.3 is 0 Å². The molecule has 0 radical (unpaired) electrons. The van der Waals surface area contributed by atoms with Gasteiger partial charge in [-0.2, -0.15) is 0 Å². The first-order valence-corrected chi connectivity index (χ1v) is 6.86. The Morgan fingerprint density at radius 1 is 0.895 bits per heavy atom. The van der Waals surface area contributed by atoms with Gasteiger partial charge in [0, 0.05) is 28.3 Å². The lowest BCUT2D eigenvalue weighted by molar-refractivity contribution is 0.333. The molecule has 0 aromatic heterocycles. The number of benzene rings is 2. The van der Waals surface area contributed by atoms with Crippen LogP contribution in [0.25, 0.3) is 0 Å². The van der Waals surface area contributed by atoms with Crippen molar-refractivity contribution in [1.29, 1.82) is 0 Å². The molecule has 0 aliphatic heterocycles. The normalized spacial score (nSPS) is 10.3. The van der Waals surface area contributed by atoms with Crippen LogP contribution in [0.4, 0.5) is 5.69 Å². The molecule has 100 valence electrons. The highest BCUT2D eigenvalue weighted by molar-refractivity contribution is 6.34. The van der Waals surface area contributed by atoms with E-state index < -0.39 is 0 Å². The fourth-order valence-electron chi connectivity index (χ4n) is 1.51. The summed E-state index contributed by atoms with van der Waals surface area (Å²) >= 11 is 17.7. The number of hydrogen-bond donors (Lipinski definition) is 1. The average molecular weight is 317 g/mol. The summed E-state index contributed by atoms with van der Waals surface area (Å²) in [6.07, 6.45) is 0. The molecule has 19 heavy (non-hydrogen) atoms. The van der Waals surface area contributed by atoms with Crippen molar-refractivity contribution in [3.63, 3.8) is 0 Å². The Morgan fingerprint density at radius 2 is 1.58 bits per heavy atom. The Hall–Kier alpha value is -1.09. The highest BCUT2D eigenvalue weighted by Gasteiger charge is 2.02. The van der Waals surface area contributed by atoms with Crippen LogP contribution in [-0.4, -0.2) is 13.2 Å². The topological polar surface area (TPSA) is 21.3 Å². The van der Waals surface area contributed by atoms with Gasteiger partial charge in [0.05, 0.1) is 5.02 Å². The molecule has 0 spiro atoms. The summed E-state index contributed by atoms with van der Waals surface area (Å²) in [6, 6.07) is 12.6. The molecule has 1 N–H and O–H groups in total. The largest absolute Gasteiger partial charge is 0.490 e. The van der Waals surface area contributed by atoms with Gasteiger partial charge in [-0.25, -0.2) is 0 Å². The Bertz CT molecular complexity index is 543. The summed E-state index contributed by atoms with van der Waals surface area (Å²) in [5, 5.41) is 5.09. The van der Waals surface area contributed by atoms with Crippen molar-refractivity contribution < 1.29 is 4.74 Å². The second kappa shape index (κ2) is 6.90. The van der Waals surface area contributed by atoms with Crippen LogP contribution < -0.4 is 10.1 Å². The lowest BCUT2D eigenvalue weighted by Crippen LogP contribution is -2.11. The van der Waals surface area contributed by atoms with E-state index in [2.05, 4.69) is 5.32 Å². The highest BCUT2D eigenvalue weighted by Crippen LogP contribution is 2.27. The fourth-order valence-corrected chi connectivity index (χ4v) is 1.97. The molecule has 2 aromatic carbocycles. The number of hydrogen-bond acceptors (Lipinski definition) is 2. The maximum atomic E-state index is 5.99. The zero-order valence-corrected chi connectivity index (χ0v) is 12.3. The summed E-state index contributed by atoms with van der Waals surface area (Å²) < 4.78 is 5.56. The summed E-state index contributed by atoms with van der Waals surface area (Å²) in [4.78, 5) is 0. The standard InChI is InChI=1S/C14H12Cl3NO/c15-10-1-4-12(5-2-10)18-7-8-19-14-9-11(16)3-6-13(14)17/h1-6,9,18H,7-8H2. The molecule has 0 heterocycles. The molecule has 2 rings (SSSR count). The van der Waals surface area contributed by atoms with Gasteiger partial charge in [-0.15, -0.1) is 0 Å². The summed E-state index contributed by atoms with van der Waals surface area (Å²) in [7, 11) is 0. The van der Waals surface area contributed by atoms with Gasteiger partial charge in [0.15, 0.2) is 0 Å². The van der Waals surface area contributed by atoms with E-state index in [0.717, 1.165) is 5.69 Å². The van der Waals surface area contributed by atoms with E-state index in [-0.39, 0.29) is 0 Å². The average Bonchev–Trinajstić information content (AvgIpc) is 2.40. The smallest absolute Gasteiger partial charge is 0.139 e. The third-order valence-corrected chi connectivity index (χ3v) is 3.23. The predicted octanol–water partition coefficient (Wildman–Crippen LogP) is 5.14. The third-order valence-electron chi connectivity index (χ3n) is 2.43. The maximum absolute atomic E-state index is 5.99. The van der Waals surface area contributed by atoms with Gasteiger partial charge in [-0.3, -0.25) is 0 Å². The molecule has 0 atom stereocenters. The Labute approximate surface area is 127 Å². The third kappa shape index (κ3) is 4.50. The van der Waals surface area contributed by atoms with Crippen molar-refractivity contribution in [1.82, 2.24) is 0 Å². The lowest BCUT2D eigenvalue weighted by Gasteiger charge is -2.10. The minimum absolute atomic E-state index is 0.489. The first kappa shape index (κ1) is 14.3. The number of ether oxygens (including phenoxy) is 1. The van der Waals surface area contributed by atoms with Crippen molar-refractivity contribution in [2.24, 2.45) is 0 Å². The Balaban J connectivity index is 1.80. The SMILES string of the molecule is Clc1ccc(NCCOc2cc(Cl)ccc2Cl)cc1. The molecule has 0 fully saturated rings. The Kier molecular flexibility index (Phi) is 5.20. The van der Waals surface area contributed by atoms with Gasteiger partial charge in [0.2, 0.25) is 0 Å². The van der Waals surface area contributed by atoms with Crippen LogP contribution in [0.3, 0.4) is 0 Å². The molecular formula is C14H12Cl3NO. The predicted molar refractivity (Wildman–Crippen MR) is 81.9 cm³/mol. The van der Waals surface area contributed by atoms with E-state index >= 15 is 0 Å². The minimum atomic E-state index is 0.489. The van der Waals surface area contributed by atoms with Crippen LogP contribution in [-0.2, 0) is 0 Å². The van der Waals surface area contributed by atoms with E-state index in [1.165, 1.54) is 0 Å². The quantitative estimate of drug-likeness (QED) is 0.771.